The zero-order chi connectivity index (χ0) is 18.5. The van der Waals surface area contributed by atoms with Crippen LogP contribution < -0.4 is 0 Å². The second-order valence-corrected chi connectivity index (χ2v) is 6.73. The predicted octanol–water partition coefficient (Wildman–Crippen LogP) is 2.63. The molecule has 0 aromatic carbocycles. The Hall–Kier alpha value is -3.56. The van der Waals surface area contributed by atoms with E-state index in [9.17, 15) is 10.1 Å². The Morgan fingerprint density at radius 2 is 2.07 bits per heavy atom. The van der Waals surface area contributed by atoms with E-state index in [0.29, 0.717) is 23.0 Å². The summed E-state index contributed by atoms with van der Waals surface area (Å²) in [7, 11) is 1.65. The van der Waals surface area contributed by atoms with Crippen molar-refractivity contribution in [2.45, 2.75) is 25.3 Å². The van der Waals surface area contributed by atoms with E-state index in [0.717, 1.165) is 23.9 Å². The van der Waals surface area contributed by atoms with Crippen LogP contribution >= 0.6 is 0 Å². The predicted molar refractivity (Wildman–Crippen MR) is 96.0 cm³/mol. The lowest BCUT2D eigenvalue weighted by Gasteiger charge is -2.25. The van der Waals surface area contributed by atoms with E-state index in [1.54, 1.807) is 36.4 Å². The first kappa shape index (κ1) is 15.7. The minimum Gasteiger partial charge on any atom is -0.358 e. The molecule has 4 aromatic rings. The normalized spacial score (nSPS) is 14.6. The molecule has 5 rings (SSSR count). The SMILES string of the molecule is Cn1cc(-c2cn3nccc3c(-c3cnn(C4CCC4)c3)n2)c([N+](=O)[O-])n1. The summed E-state index contributed by atoms with van der Waals surface area (Å²) in [5.74, 6) is -0.229. The Labute approximate surface area is 153 Å². The topological polar surface area (TPSA) is 109 Å². The van der Waals surface area contributed by atoms with Crippen molar-refractivity contribution >= 4 is 11.3 Å². The van der Waals surface area contributed by atoms with Crippen LogP contribution in [-0.2, 0) is 7.05 Å². The van der Waals surface area contributed by atoms with Gasteiger partial charge in [-0.25, -0.2) is 9.50 Å². The van der Waals surface area contributed by atoms with Gasteiger partial charge >= 0.3 is 5.82 Å². The molecule has 1 fully saturated rings. The third-order valence-electron chi connectivity index (χ3n) is 4.97. The minimum atomic E-state index is -0.501. The molecule has 0 spiro atoms. The lowest BCUT2D eigenvalue weighted by molar-refractivity contribution is -0.389. The van der Waals surface area contributed by atoms with Crippen LogP contribution in [0.15, 0.2) is 37.1 Å². The maximum atomic E-state index is 11.4. The van der Waals surface area contributed by atoms with Gasteiger partial charge in [-0.3, -0.25) is 4.68 Å². The second-order valence-electron chi connectivity index (χ2n) is 6.73. The lowest BCUT2D eigenvalue weighted by atomic mass is 9.93. The molecule has 0 saturated heterocycles. The summed E-state index contributed by atoms with van der Waals surface area (Å²) in [4.78, 5) is 15.6. The van der Waals surface area contributed by atoms with E-state index in [-0.39, 0.29) is 5.82 Å². The van der Waals surface area contributed by atoms with Crippen LogP contribution in [0.1, 0.15) is 25.3 Å². The van der Waals surface area contributed by atoms with Gasteiger partial charge in [0, 0.05) is 11.8 Å². The van der Waals surface area contributed by atoms with Gasteiger partial charge < -0.3 is 10.1 Å². The van der Waals surface area contributed by atoms with Crippen LogP contribution in [0.25, 0.3) is 28.0 Å². The van der Waals surface area contributed by atoms with Crippen LogP contribution in [-0.4, -0.2) is 39.1 Å². The van der Waals surface area contributed by atoms with Crippen molar-refractivity contribution in [2.75, 3.05) is 0 Å². The van der Waals surface area contributed by atoms with Crippen LogP contribution in [0.5, 0.6) is 0 Å². The fraction of sp³-hybridized carbons (Fsp3) is 0.294. The molecule has 0 atom stereocenters. The minimum absolute atomic E-state index is 0.229. The molecule has 0 aliphatic heterocycles. The average Bonchev–Trinajstić information content (AvgIpc) is 3.30. The smallest absolute Gasteiger partial charge is 0.358 e. The average molecular weight is 364 g/mol. The highest BCUT2D eigenvalue weighted by Crippen LogP contribution is 2.34. The molecule has 27 heavy (non-hydrogen) atoms. The molecule has 4 aromatic heterocycles. The molecular weight excluding hydrogens is 348 g/mol. The van der Waals surface area contributed by atoms with Gasteiger partial charge in [0.25, 0.3) is 0 Å². The molecule has 10 nitrogen and oxygen atoms in total. The summed E-state index contributed by atoms with van der Waals surface area (Å²) in [5.41, 5.74) is 3.16. The van der Waals surface area contributed by atoms with Gasteiger partial charge in [0.1, 0.15) is 5.56 Å². The van der Waals surface area contributed by atoms with E-state index in [2.05, 4.69) is 15.3 Å². The Kier molecular flexibility index (Phi) is 3.33. The van der Waals surface area contributed by atoms with E-state index in [1.165, 1.54) is 11.1 Å². The third kappa shape index (κ3) is 2.48. The van der Waals surface area contributed by atoms with Crippen LogP contribution in [0.2, 0.25) is 0 Å². The maximum Gasteiger partial charge on any atom is 0.399 e. The van der Waals surface area contributed by atoms with Crippen LogP contribution in [0, 0.1) is 10.1 Å². The van der Waals surface area contributed by atoms with Crippen molar-refractivity contribution in [3.05, 3.63) is 47.2 Å². The van der Waals surface area contributed by atoms with E-state index in [4.69, 9.17) is 4.98 Å². The van der Waals surface area contributed by atoms with Crippen molar-refractivity contribution < 1.29 is 4.92 Å². The molecule has 136 valence electrons. The summed E-state index contributed by atoms with van der Waals surface area (Å²) in [6.45, 7) is 0. The largest absolute Gasteiger partial charge is 0.399 e. The van der Waals surface area contributed by atoms with Gasteiger partial charge in [0.2, 0.25) is 0 Å². The molecule has 4 heterocycles. The van der Waals surface area contributed by atoms with E-state index >= 15 is 0 Å². The number of hydrogen-bond donors (Lipinski definition) is 0. The highest BCUT2D eigenvalue weighted by atomic mass is 16.6. The molecule has 10 heteroatoms. The number of nitrogens with zero attached hydrogens (tertiary/aromatic N) is 8. The summed E-state index contributed by atoms with van der Waals surface area (Å²) < 4.78 is 5.07. The zero-order valence-electron chi connectivity index (χ0n) is 14.6. The van der Waals surface area contributed by atoms with E-state index in [1.807, 2.05) is 16.9 Å². The van der Waals surface area contributed by atoms with Crippen molar-refractivity contribution in [2.24, 2.45) is 7.05 Å². The number of aromatic nitrogens is 7. The highest BCUT2D eigenvalue weighted by Gasteiger charge is 2.25. The molecule has 1 aliphatic rings. The first-order valence-electron chi connectivity index (χ1n) is 8.67. The lowest BCUT2D eigenvalue weighted by Crippen LogP contribution is -2.16. The molecule has 1 aliphatic carbocycles. The van der Waals surface area contributed by atoms with Crippen molar-refractivity contribution in [1.82, 2.24) is 34.2 Å². The number of nitro groups is 1. The second kappa shape index (κ2) is 5.73. The molecule has 0 bridgehead atoms. The van der Waals surface area contributed by atoms with Gasteiger partial charge in [-0.2, -0.15) is 14.9 Å². The van der Waals surface area contributed by atoms with Crippen LogP contribution in [0.4, 0.5) is 5.82 Å². The Morgan fingerprint density at radius 1 is 1.22 bits per heavy atom. The van der Waals surface area contributed by atoms with Gasteiger partial charge in [0.15, 0.2) is 0 Å². The molecular formula is C17H16N8O2. The maximum absolute atomic E-state index is 11.4. The number of rotatable bonds is 4. The highest BCUT2D eigenvalue weighted by molar-refractivity contribution is 5.79. The van der Waals surface area contributed by atoms with Crippen molar-refractivity contribution in [1.29, 1.82) is 0 Å². The Morgan fingerprint density at radius 3 is 2.81 bits per heavy atom. The molecule has 0 radical (unpaired) electrons. The standard InChI is InChI=1S/C17H16N8O2/c1-22-9-13(17(21-22)25(26)27)14-10-24-15(5-6-18-24)16(20-14)11-7-19-23(8-11)12-3-2-4-12/h5-10,12H,2-4H2,1H3. The van der Waals surface area contributed by atoms with Crippen LogP contribution in [0.3, 0.4) is 0 Å². The van der Waals surface area contributed by atoms with Crippen molar-refractivity contribution in [3.8, 4) is 22.5 Å². The van der Waals surface area contributed by atoms with Gasteiger partial charge in [0.05, 0.1) is 59.9 Å². The molecule has 0 unspecified atom stereocenters. The number of aryl methyl sites for hydroxylation is 1. The fourth-order valence-electron chi connectivity index (χ4n) is 3.37. The monoisotopic (exact) mass is 364 g/mol. The third-order valence-corrected chi connectivity index (χ3v) is 4.97. The first-order valence-corrected chi connectivity index (χ1v) is 8.67. The summed E-state index contributed by atoms with van der Waals surface area (Å²) in [6, 6.07) is 2.31. The number of hydrogen-bond acceptors (Lipinski definition) is 6. The first-order chi connectivity index (χ1) is 13.1. The van der Waals surface area contributed by atoms with Gasteiger partial charge in [-0.15, -0.1) is 0 Å². The number of fused-ring (bicyclic) bond motifs is 1. The quantitative estimate of drug-likeness (QED) is 0.407. The fourth-order valence-corrected chi connectivity index (χ4v) is 3.37. The van der Waals surface area contributed by atoms with E-state index < -0.39 is 4.92 Å². The van der Waals surface area contributed by atoms with Gasteiger partial charge in [-0.1, -0.05) is 0 Å². The molecule has 0 amide bonds. The summed E-state index contributed by atoms with van der Waals surface area (Å²) in [5, 5.41) is 24.1. The molecule has 1 saturated carbocycles. The summed E-state index contributed by atoms with van der Waals surface area (Å²) >= 11 is 0. The zero-order valence-corrected chi connectivity index (χ0v) is 14.6. The molecule has 0 N–H and O–H groups in total. The van der Waals surface area contributed by atoms with Crippen molar-refractivity contribution in [3.63, 3.8) is 0 Å². The van der Waals surface area contributed by atoms with Gasteiger partial charge in [-0.05, 0) is 30.3 Å². The Bertz CT molecular complexity index is 1170. The Balaban J connectivity index is 1.68. The summed E-state index contributed by atoms with van der Waals surface area (Å²) in [6.07, 6.45) is 12.2.